The van der Waals surface area contributed by atoms with E-state index in [-0.39, 0.29) is 11.4 Å². The number of rotatable bonds is 2. The van der Waals surface area contributed by atoms with Gasteiger partial charge in [0.15, 0.2) is 0 Å². The summed E-state index contributed by atoms with van der Waals surface area (Å²) in [5.41, 5.74) is 1.75. The highest BCUT2D eigenvalue weighted by molar-refractivity contribution is 7.99. The molecule has 160 valence electrons. The normalized spacial score (nSPS) is 15.8. The first-order chi connectivity index (χ1) is 15.3. The summed E-state index contributed by atoms with van der Waals surface area (Å²) < 4.78 is 13.9. The number of benzene rings is 2. The average molecular weight is 466 g/mol. The second kappa shape index (κ2) is 7.61. The number of nitrogens with zero attached hydrogens (tertiary/aromatic N) is 3. The number of halogens is 1. The summed E-state index contributed by atoms with van der Waals surface area (Å²) in [6.07, 6.45) is 1.51. The minimum Gasteiger partial charge on any atom is -0.300 e. The van der Waals surface area contributed by atoms with E-state index < -0.39 is 17.8 Å². The Bertz CT molecular complexity index is 1310. The fourth-order valence-corrected chi connectivity index (χ4v) is 5.69. The first-order valence-electron chi connectivity index (χ1n) is 9.63. The third-order valence-electron chi connectivity index (χ3n) is 5.25. The Labute approximate surface area is 191 Å². The van der Waals surface area contributed by atoms with E-state index in [1.807, 2.05) is 41.3 Å². The van der Waals surface area contributed by atoms with E-state index >= 15 is 0 Å². The zero-order chi connectivity index (χ0) is 22.6. The number of urea groups is 1. The number of anilines is 3. The van der Waals surface area contributed by atoms with Crippen molar-refractivity contribution < 1.29 is 18.8 Å². The van der Waals surface area contributed by atoms with Crippen LogP contribution < -0.4 is 4.90 Å². The van der Waals surface area contributed by atoms with Gasteiger partial charge in [-0.1, -0.05) is 23.9 Å². The van der Waals surface area contributed by atoms with Gasteiger partial charge in [-0.15, -0.1) is 11.3 Å². The molecule has 2 aliphatic rings. The molecule has 4 amide bonds. The summed E-state index contributed by atoms with van der Waals surface area (Å²) in [4.78, 5) is 43.4. The van der Waals surface area contributed by atoms with Crippen molar-refractivity contribution in [1.82, 2.24) is 9.80 Å². The quantitative estimate of drug-likeness (QED) is 0.299. The van der Waals surface area contributed by atoms with Gasteiger partial charge in [-0.3, -0.25) is 24.3 Å². The number of carbonyl (C=O) groups is 3. The summed E-state index contributed by atoms with van der Waals surface area (Å²) in [5, 5.41) is 0.853. The Hall–Kier alpha value is -3.43. The molecule has 0 spiro atoms. The first-order valence-corrected chi connectivity index (χ1v) is 11.3. The molecular weight excluding hydrogens is 449 g/mol. The van der Waals surface area contributed by atoms with Crippen molar-refractivity contribution in [3.8, 4) is 0 Å². The molecule has 9 heteroatoms. The standard InChI is InChI=1S/C23H16FN3O3S2/c1-25-21(28)15(22(29)26(2)23(25)30)12-14-8-10-20(31-14)27-16-5-3-4-6-18(16)32-19-11-13(24)7-9-17(19)27/h3-12H,1-2H3. The highest BCUT2D eigenvalue weighted by Gasteiger charge is 2.38. The molecule has 0 N–H and O–H groups in total. The van der Waals surface area contributed by atoms with E-state index in [4.69, 9.17) is 0 Å². The maximum Gasteiger partial charge on any atom is 0.333 e. The molecular formula is C23H16FN3O3S2. The highest BCUT2D eigenvalue weighted by Crippen LogP contribution is 2.52. The third-order valence-corrected chi connectivity index (χ3v) is 7.38. The lowest BCUT2D eigenvalue weighted by atomic mass is 10.1. The molecule has 2 aliphatic heterocycles. The van der Waals surface area contributed by atoms with Crippen LogP contribution in [0.3, 0.4) is 0 Å². The number of imide groups is 2. The number of fused-ring (bicyclic) bond motifs is 2. The van der Waals surface area contributed by atoms with Gasteiger partial charge in [0.05, 0.1) is 11.4 Å². The summed E-state index contributed by atoms with van der Waals surface area (Å²) in [6.45, 7) is 0. The maximum atomic E-state index is 13.9. The Morgan fingerprint density at radius 2 is 1.53 bits per heavy atom. The zero-order valence-electron chi connectivity index (χ0n) is 17.0. The molecule has 0 saturated carbocycles. The smallest absolute Gasteiger partial charge is 0.300 e. The second-order valence-corrected chi connectivity index (χ2v) is 9.44. The van der Waals surface area contributed by atoms with Crippen molar-refractivity contribution in [2.75, 3.05) is 19.0 Å². The predicted octanol–water partition coefficient (Wildman–Crippen LogP) is 5.26. The molecule has 1 fully saturated rings. The minimum absolute atomic E-state index is 0.0694. The summed E-state index contributed by atoms with van der Waals surface area (Å²) in [6, 6.07) is 15.6. The fraction of sp³-hybridized carbons (Fsp3) is 0.0870. The molecule has 32 heavy (non-hydrogen) atoms. The van der Waals surface area contributed by atoms with Crippen molar-refractivity contribution in [1.29, 1.82) is 0 Å². The maximum absolute atomic E-state index is 13.9. The molecule has 2 aromatic carbocycles. The van der Waals surface area contributed by atoms with Gasteiger partial charge in [-0.25, -0.2) is 9.18 Å². The van der Waals surface area contributed by atoms with Crippen LogP contribution in [-0.4, -0.2) is 41.7 Å². The Balaban J connectivity index is 1.57. The third kappa shape index (κ3) is 3.21. The van der Waals surface area contributed by atoms with Gasteiger partial charge in [0.25, 0.3) is 11.8 Å². The lowest BCUT2D eigenvalue weighted by molar-refractivity contribution is -0.134. The predicted molar refractivity (Wildman–Crippen MR) is 122 cm³/mol. The summed E-state index contributed by atoms with van der Waals surface area (Å²) >= 11 is 2.90. The number of hydrogen-bond donors (Lipinski definition) is 0. The second-order valence-electron chi connectivity index (χ2n) is 7.26. The highest BCUT2D eigenvalue weighted by atomic mass is 32.2. The van der Waals surface area contributed by atoms with Crippen LogP contribution in [0, 0.1) is 5.82 Å². The van der Waals surface area contributed by atoms with Crippen LogP contribution in [0.4, 0.5) is 25.6 Å². The molecule has 3 aromatic rings. The van der Waals surface area contributed by atoms with Crippen LogP contribution in [0.1, 0.15) is 4.88 Å². The number of hydrogen-bond acceptors (Lipinski definition) is 6. The van der Waals surface area contributed by atoms with Crippen LogP contribution in [0.2, 0.25) is 0 Å². The molecule has 0 aliphatic carbocycles. The van der Waals surface area contributed by atoms with Crippen LogP contribution >= 0.6 is 23.1 Å². The Kier molecular flexibility index (Phi) is 4.87. The van der Waals surface area contributed by atoms with Crippen LogP contribution in [-0.2, 0) is 9.59 Å². The van der Waals surface area contributed by atoms with Gasteiger partial charge in [-0.05, 0) is 48.5 Å². The van der Waals surface area contributed by atoms with Gasteiger partial charge in [0.1, 0.15) is 16.4 Å². The molecule has 1 saturated heterocycles. The van der Waals surface area contributed by atoms with E-state index in [2.05, 4.69) is 0 Å². The first kappa shape index (κ1) is 20.5. The van der Waals surface area contributed by atoms with Gasteiger partial charge in [0.2, 0.25) is 0 Å². The zero-order valence-corrected chi connectivity index (χ0v) is 18.7. The van der Waals surface area contributed by atoms with Gasteiger partial charge in [0, 0.05) is 28.8 Å². The van der Waals surface area contributed by atoms with Crippen LogP contribution in [0.15, 0.2) is 70.0 Å². The van der Waals surface area contributed by atoms with E-state index in [1.165, 1.54) is 55.4 Å². The molecule has 6 nitrogen and oxygen atoms in total. The van der Waals surface area contributed by atoms with Crippen LogP contribution in [0.25, 0.3) is 6.08 Å². The lowest BCUT2D eigenvalue weighted by Gasteiger charge is -2.31. The van der Waals surface area contributed by atoms with Crippen molar-refractivity contribution >= 4 is 63.4 Å². The van der Waals surface area contributed by atoms with E-state index in [9.17, 15) is 18.8 Å². The molecule has 5 rings (SSSR count). The lowest BCUT2D eigenvalue weighted by Crippen LogP contribution is -2.52. The Morgan fingerprint density at radius 3 is 2.28 bits per heavy atom. The summed E-state index contributed by atoms with van der Waals surface area (Å²) in [5.74, 6) is -1.56. The van der Waals surface area contributed by atoms with Gasteiger partial charge in [-0.2, -0.15) is 0 Å². The van der Waals surface area contributed by atoms with E-state index in [0.717, 1.165) is 36.0 Å². The molecule has 0 radical (unpaired) electrons. The molecule has 0 unspecified atom stereocenters. The molecule has 0 bridgehead atoms. The van der Waals surface area contributed by atoms with E-state index in [0.29, 0.717) is 4.88 Å². The fourth-order valence-electron chi connectivity index (χ4n) is 3.63. The molecule has 1 aromatic heterocycles. The SMILES string of the molecule is CN1C(=O)C(=Cc2ccc(N3c4ccccc4Sc4cc(F)ccc43)s2)C(=O)N(C)C1=O. The molecule has 3 heterocycles. The molecule has 0 atom stereocenters. The number of para-hydroxylation sites is 1. The van der Waals surface area contributed by atoms with Gasteiger partial charge < -0.3 is 0 Å². The monoisotopic (exact) mass is 465 g/mol. The van der Waals surface area contributed by atoms with Crippen molar-refractivity contribution in [2.24, 2.45) is 0 Å². The number of carbonyl (C=O) groups excluding carboxylic acids is 3. The van der Waals surface area contributed by atoms with Crippen molar-refractivity contribution in [2.45, 2.75) is 9.79 Å². The number of amides is 4. The van der Waals surface area contributed by atoms with Gasteiger partial charge >= 0.3 is 6.03 Å². The van der Waals surface area contributed by atoms with Crippen molar-refractivity contribution in [3.63, 3.8) is 0 Å². The number of likely N-dealkylation sites (N-methyl/N-ethyl adjacent to an activating group) is 2. The van der Waals surface area contributed by atoms with Crippen LogP contribution in [0.5, 0.6) is 0 Å². The largest absolute Gasteiger partial charge is 0.333 e. The summed E-state index contributed by atoms with van der Waals surface area (Å²) in [7, 11) is 2.69. The number of barbiturate groups is 1. The van der Waals surface area contributed by atoms with Crippen molar-refractivity contribution in [3.05, 3.63) is 70.9 Å². The Morgan fingerprint density at radius 1 is 0.844 bits per heavy atom. The average Bonchev–Trinajstić information content (AvgIpc) is 3.25. The van der Waals surface area contributed by atoms with E-state index in [1.54, 1.807) is 6.07 Å². The number of thiophene rings is 1. The minimum atomic E-state index is -0.657. The topological polar surface area (TPSA) is 60.9 Å².